The van der Waals surface area contributed by atoms with Gasteiger partial charge in [-0.05, 0) is 29.2 Å². The lowest BCUT2D eigenvalue weighted by Gasteiger charge is -2.27. The summed E-state index contributed by atoms with van der Waals surface area (Å²) in [5, 5.41) is 14.5. The third kappa shape index (κ3) is 4.43. The first-order valence-corrected chi connectivity index (χ1v) is 9.07. The van der Waals surface area contributed by atoms with Crippen molar-refractivity contribution >= 4 is 28.5 Å². The molecular weight excluding hydrogens is 370 g/mol. The van der Waals surface area contributed by atoms with E-state index in [-0.39, 0.29) is 17.0 Å². The molecule has 2 aromatic rings. The fourth-order valence-corrected chi connectivity index (χ4v) is 3.10. The Morgan fingerprint density at radius 1 is 1.33 bits per heavy atom. The maximum atomic E-state index is 12.3. The standard InChI is InChI=1S/C18H19N3O5S/c1-18(2,3)11-4-6-13-14(8-11)26-15(10-25-13)17(22)20-19-9-12-5-7-16(27-12)21(23)24/h4-9,15H,10H2,1-3H3,(H,20,22)/b19-9-/t15-/m1/s1. The number of carbonyl (C=O) groups is 1. The van der Waals surface area contributed by atoms with Crippen molar-refractivity contribution in [1.82, 2.24) is 5.43 Å². The number of thiophene rings is 1. The van der Waals surface area contributed by atoms with E-state index in [4.69, 9.17) is 9.47 Å². The Balaban J connectivity index is 1.63. The van der Waals surface area contributed by atoms with E-state index in [2.05, 4.69) is 31.3 Å². The molecule has 1 N–H and O–H groups in total. The molecule has 3 rings (SSSR count). The Morgan fingerprint density at radius 2 is 2.11 bits per heavy atom. The highest BCUT2D eigenvalue weighted by Gasteiger charge is 2.28. The van der Waals surface area contributed by atoms with E-state index in [1.54, 1.807) is 6.07 Å². The van der Waals surface area contributed by atoms with Crippen molar-refractivity contribution in [1.29, 1.82) is 0 Å². The van der Waals surface area contributed by atoms with Crippen LogP contribution in [0, 0.1) is 10.1 Å². The average Bonchev–Trinajstić information content (AvgIpc) is 3.09. The van der Waals surface area contributed by atoms with Crippen molar-refractivity contribution < 1.29 is 19.2 Å². The average molecular weight is 389 g/mol. The van der Waals surface area contributed by atoms with Gasteiger partial charge in [-0.3, -0.25) is 14.9 Å². The molecule has 8 nitrogen and oxygen atoms in total. The number of fused-ring (bicyclic) bond motifs is 1. The van der Waals surface area contributed by atoms with Crippen LogP contribution in [-0.4, -0.2) is 29.8 Å². The lowest BCUT2D eigenvalue weighted by atomic mass is 9.87. The molecule has 1 atom stereocenters. The van der Waals surface area contributed by atoms with Gasteiger partial charge >= 0.3 is 5.00 Å². The number of hydrazone groups is 1. The topological polar surface area (TPSA) is 103 Å². The molecule has 0 radical (unpaired) electrons. The van der Waals surface area contributed by atoms with Gasteiger partial charge in [-0.2, -0.15) is 5.10 Å². The number of benzene rings is 1. The van der Waals surface area contributed by atoms with E-state index < -0.39 is 16.9 Å². The van der Waals surface area contributed by atoms with Gasteiger partial charge in [0.25, 0.3) is 5.91 Å². The lowest BCUT2D eigenvalue weighted by molar-refractivity contribution is -0.380. The first kappa shape index (κ1) is 18.8. The Hall–Kier alpha value is -2.94. The van der Waals surface area contributed by atoms with E-state index >= 15 is 0 Å². The lowest BCUT2D eigenvalue weighted by Crippen LogP contribution is -2.42. The number of hydrogen-bond donors (Lipinski definition) is 1. The van der Waals surface area contributed by atoms with Crippen molar-refractivity contribution in [2.24, 2.45) is 5.10 Å². The number of nitro groups is 1. The summed E-state index contributed by atoms with van der Waals surface area (Å²) in [7, 11) is 0. The van der Waals surface area contributed by atoms with Gasteiger partial charge in [0.05, 0.1) is 16.0 Å². The molecule has 142 valence electrons. The summed E-state index contributed by atoms with van der Waals surface area (Å²) in [6, 6.07) is 8.64. The van der Waals surface area contributed by atoms with Gasteiger partial charge in [0.1, 0.15) is 6.61 Å². The highest BCUT2D eigenvalue weighted by molar-refractivity contribution is 7.16. The largest absolute Gasteiger partial charge is 0.485 e. The van der Waals surface area contributed by atoms with E-state index in [9.17, 15) is 14.9 Å². The van der Waals surface area contributed by atoms with Crippen molar-refractivity contribution in [2.75, 3.05) is 6.61 Å². The van der Waals surface area contributed by atoms with Gasteiger partial charge in [-0.25, -0.2) is 5.43 Å². The molecule has 0 saturated carbocycles. The van der Waals surface area contributed by atoms with Crippen LogP contribution in [0.3, 0.4) is 0 Å². The molecule has 0 bridgehead atoms. The summed E-state index contributed by atoms with van der Waals surface area (Å²) in [5.74, 6) is 0.664. The Morgan fingerprint density at radius 3 is 2.78 bits per heavy atom. The second kappa shape index (κ2) is 7.36. The zero-order chi connectivity index (χ0) is 19.6. The third-order valence-electron chi connectivity index (χ3n) is 3.92. The number of amides is 1. The van der Waals surface area contributed by atoms with Crippen LogP contribution in [-0.2, 0) is 10.2 Å². The first-order valence-electron chi connectivity index (χ1n) is 8.25. The van der Waals surface area contributed by atoms with E-state index in [1.807, 2.05) is 18.2 Å². The number of nitrogens with zero attached hydrogens (tertiary/aromatic N) is 2. The molecule has 1 aromatic heterocycles. The van der Waals surface area contributed by atoms with Crippen LogP contribution in [0.4, 0.5) is 5.00 Å². The second-order valence-electron chi connectivity index (χ2n) is 7.00. The van der Waals surface area contributed by atoms with Gasteiger partial charge in [-0.15, -0.1) is 0 Å². The summed E-state index contributed by atoms with van der Waals surface area (Å²) in [5.41, 5.74) is 3.40. The van der Waals surface area contributed by atoms with Gasteiger partial charge in [-0.1, -0.05) is 38.2 Å². The maximum absolute atomic E-state index is 12.3. The minimum atomic E-state index is -0.831. The predicted molar refractivity (Wildman–Crippen MR) is 102 cm³/mol. The number of carbonyl (C=O) groups excluding carboxylic acids is 1. The fourth-order valence-electron chi connectivity index (χ4n) is 2.41. The molecule has 1 aliphatic heterocycles. The zero-order valence-corrected chi connectivity index (χ0v) is 15.9. The minimum absolute atomic E-state index is 0.0121. The zero-order valence-electron chi connectivity index (χ0n) is 15.1. The highest BCUT2D eigenvalue weighted by Crippen LogP contribution is 2.36. The number of nitrogens with one attached hydrogen (secondary N) is 1. The Kier molecular flexibility index (Phi) is 5.13. The second-order valence-corrected chi connectivity index (χ2v) is 8.09. The minimum Gasteiger partial charge on any atom is -0.485 e. The molecule has 0 aliphatic carbocycles. The van der Waals surface area contributed by atoms with Gasteiger partial charge in [0.2, 0.25) is 6.10 Å². The number of rotatable bonds is 4. The Labute approximate surface area is 159 Å². The van der Waals surface area contributed by atoms with E-state index in [0.717, 1.165) is 16.9 Å². The van der Waals surface area contributed by atoms with Crippen LogP contribution in [0.5, 0.6) is 11.5 Å². The molecule has 0 spiro atoms. The van der Waals surface area contributed by atoms with Crippen molar-refractivity contribution in [3.8, 4) is 11.5 Å². The monoisotopic (exact) mass is 389 g/mol. The third-order valence-corrected chi connectivity index (χ3v) is 4.89. The fraction of sp³-hybridized carbons (Fsp3) is 0.333. The van der Waals surface area contributed by atoms with Crippen molar-refractivity contribution in [2.45, 2.75) is 32.3 Å². The van der Waals surface area contributed by atoms with Crippen LogP contribution in [0.1, 0.15) is 31.2 Å². The summed E-state index contributed by atoms with van der Waals surface area (Å²) >= 11 is 0.967. The summed E-state index contributed by atoms with van der Waals surface area (Å²) in [6.45, 7) is 6.35. The molecule has 1 aliphatic rings. The van der Waals surface area contributed by atoms with Crippen LogP contribution in [0.15, 0.2) is 35.4 Å². The van der Waals surface area contributed by atoms with Crippen molar-refractivity contribution in [3.05, 3.63) is 50.9 Å². The van der Waals surface area contributed by atoms with Gasteiger partial charge in [0, 0.05) is 6.07 Å². The van der Waals surface area contributed by atoms with Gasteiger partial charge in [0.15, 0.2) is 11.5 Å². The Bertz CT molecular complexity index is 901. The smallest absolute Gasteiger partial charge is 0.324 e. The molecule has 0 saturated heterocycles. The molecule has 27 heavy (non-hydrogen) atoms. The SMILES string of the molecule is CC(C)(C)c1ccc2c(c1)O[C@@H](C(=O)N/N=C\c1ccc([N+](=O)[O-])s1)CO2. The van der Waals surface area contributed by atoms with E-state index in [1.165, 1.54) is 12.3 Å². The molecule has 2 heterocycles. The molecule has 0 fully saturated rings. The number of ether oxygens (including phenoxy) is 2. The molecule has 9 heteroatoms. The number of hydrogen-bond acceptors (Lipinski definition) is 7. The van der Waals surface area contributed by atoms with Crippen molar-refractivity contribution in [3.63, 3.8) is 0 Å². The molecule has 0 unspecified atom stereocenters. The highest BCUT2D eigenvalue weighted by atomic mass is 32.1. The molecule has 1 amide bonds. The predicted octanol–water partition coefficient (Wildman–Crippen LogP) is 3.24. The molecule has 1 aromatic carbocycles. The van der Waals surface area contributed by atoms with Gasteiger partial charge < -0.3 is 9.47 Å². The summed E-state index contributed by atoms with van der Waals surface area (Å²) in [4.78, 5) is 23.0. The first-order chi connectivity index (χ1) is 12.7. The normalized spacial score (nSPS) is 16.3. The maximum Gasteiger partial charge on any atom is 0.324 e. The summed E-state index contributed by atoms with van der Waals surface area (Å²) in [6.07, 6.45) is 0.521. The summed E-state index contributed by atoms with van der Waals surface area (Å²) < 4.78 is 11.4. The van der Waals surface area contributed by atoms with E-state index in [0.29, 0.717) is 16.4 Å². The molecular formula is C18H19N3O5S. The van der Waals surface area contributed by atoms with Crippen LogP contribution in [0.25, 0.3) is 0 Å². The quantitative estimate of drug-likeness (QED) is 0.491. The van der Waals surface area contributed by atoms with Crippen LogP contribution in [0.2, 0.25) is 0 Å². The van der Waals surface area contributed by atoms with Crippen LogP contribution >= 0.6 is 11.3 Å². The van der Waals surface area contributed by atoms with Crippen LogP contribution < -0.4 is 14.9 Å².